The summed E-state index contributed by atoms with van der Waals surface area (Å²) >= 11 is 0. The molecule has 3 fully saturated rings. The lowest BCUT2D eigenvalue weighted by molar-refractivity contribution is -0.686. The molecule has 85 heavy (non-hydrogen) atoms. The number of amides is 1. The molecular weight excluding hydrogens is 1090 g/mol. The van der Waals surface area contributed by atoms with E-state index in [4.69, 9.17) is 33.2 Å². The lowest BCUT2D eigenvalue weighted by atomic mass is 9.78. The van der Waals surface area contributed by atoms with Crippen molar-refractivity contribution in [3.63, 3.8) is 0 Å². The van der Waals surface area contributed by atoms with Gasteiger partial charge in [-0.15, -0.1) is 0 Å². The summed E-state index contributed by atoms with van der Waals surface area (Å²) in [6, 6.07) is 4.89. The van der Waals surface area contributed by atoms with E-state index in [1.165, 1.54) is 40.8 Å². The molecule has 0 aromatic carbocycles. The maximum atomic E-state index is 14.8. The molecule has 1 amide bonds. The van der Waals surface area contributed by atoms with E-state index < -0.39 is 108 Å². The van der Waals surface area contributed by atoms with Gasteiger partial charge in [0.25, 0.3) is 11.7 Å². The van der Waals surface area contributed by atoms with Gasteiger partial charge in [0, 0.05) is 70.6 Å². The highest BCUT2D eigenvalue weighted by atomic mass is 16.6. The number of hydrogen-bond donors (Lipinski definition) is 3. The molecule has 15 atom stereocenters. The number of cyclic esters (lactones) is 1. The number of ether oxygens (including phenoxy) is 7. The van der Waals surface area contributed by atoms with Crippen LogP contribution >= 0.6 is 0 Å². The van der Waals surface area contributed by atoms with Crippen LogP contribution < -0.4 is 9.13 Å². The van der Waals surface area contributed by atoms with Crippen LogP contribution in [0.25, 0.3) is 0 Å². The topological polar surface area (TPSA) is 256 Å². The highest BCUT2D eigenvalue weighted by Gasteiger charge is 2.53. The number of ketones is 3. The van der Waals surface area contributed by atoms with Crippen LogP contribution in [0.4, 0.5) is 0 Å². The van der Waals surface area contributed by atoms with Gasteiger partial charge in [-0.3, -0.25) is 19.2 Å². The Hall–Kier alpha value is -6.45. The van der Waals surface area contributed by atoms with E-state index in [1.54, 1.807) is 72.5 Å². The van der Waals surface area contributed by atoms with Gasteiger partial charge in [0.15, 0.2) is 41.9 Å². The quantitative estimate of drug-likeness (QED) is 0.0659. The minimum atomic E-state index is -2.49. The van der Waals surface area contributed by atoms with Gasteiger partial charge >= 0.3 is 17.9 Å². The fraction of sp³-hybridized carbons (Fsp3) is 0.615. The molecule has 2 saturated heterocycles. The number of pyridine rings is 2. The number of Topliss-reactive ketones (excluding diaryl/α,β-unsaturated/α-hetero) is 3. The van der Waals surface area contributed by atoms with Crippen molar-refractivity contribution in [1.29, 1.82) is 0 Å². The molecule has 5 heterocycles. The predicted molar refractivity (Wildman–Crippen MR) is 309 cm³/mol. The zero-order chi connectivity index (χ0) is 62.1. The van der Waals surface area contributed by atoms with Gasteiger partial charge in [0.1, 0.15) is 24.0 Å². The minimum Gasteiger partial charge on any atom is -0.503 e. The first kappa shape index (κ1) is 67.7. The molecule has 3 N–H and O–H groups in total. The van der Waals surface area contributed by atoms with Crippen LogP contribution in [0, 0.1) is 35.5 Å². The number of hydrogen-bond acceptors (Lipinski definition) is 17. The largest absolute Gasteiger partial charge is 0.503 e. The maximum absolute atomic E-state index is 14.8. The Balaban J connectivity index is 1.33. The van der Waals surface area contributed by atoms with Crippen molar-refractivity contribution >= 4 is 41.2 Å². The van der Waals surface area contributed by atoms with Crippen molar-refractivity contribution in [1.82, 2.24) is 4.90 Å². The Morgan fingerprint density at radius 2 is 1.44 bits per heavy atom. The number of aliphatic hydroxyl groups is 1. The molecule has 0 unspecified atom stereocenters. The zero-order valence-electron chi connectivity index (χ0n) is 51.2. The van der Waals surface area contributed by atoms with Gasteiger partial charge in [0.05, 0.1) is 18.3 Å². The fourth-order valence-corrected chi connectivity index (χ4v) is 12.3. The van der Waals surface area contributed by atoms with Crippen LogP contribution in [-0.2, 0) is 79.8 Å². The monoisotopic (exact) mass is 1190 g/mol. The number of carbonyl (C=O) groups excluding carboxylic acids is 7. The number of carbonyl (C=O) groups is 7. The first-order chi connectivity index (χ1) is 40.4. The van der Waals surface area contributed by atoms with Crippen molar-refractivity contribution in [2.45, 2.75) is 193 Å². The summed E-state index contributed by atoms with van der Waals surface area (Å²) in [6.07, 6.45) is 15.6. The standard InChI is InChI=1S/C65H89N3O17/c1-40-18-12-11-13-19-41(2)54(79-8)34-50-25-23-46(7)65(78,85-50)62(75)63(76)68-29-15-14-22-51(68)64(77)83-55(43(4)32-47-24-26-53(56(33-47)80-9)82-57(72)38-66-27-16-20-48(69)36-66)35-52(71)42(3)31-45(6)60(61(81-10)59(74)44(5)30-40)84-58(73)39-67-28-17-21-49(70)37-67/h11-13,16-21,27-28,31,36-37,40,42-44,46-47,50-51,53-56,60-61,78H,14-15,22-26,29-30,32-35,38-39H2,1-10H3/p+2/b13-11?,18-12+,41-19?,45-31+/t40-,42-,43-,44-,46-,47+,50+,51+,53-,54+,55+,56-,60-,61+,65-/m1/s1. The molecule has 1 saturated carbocycles. The molecule has 6 rings (SSSR count). The number of fused-ring (bicyclic) bond motifs is 3. The molecule has 20 heteroatoms. The van der Waals surface area contributed by atoms with E-state index in [9.17, 15) is 48.9 Å². The van der Waals surface area contributed by atoms with Crippen molar-refractivity contribution < 1.29 is 91.2 Å². The second-order valence-corrected chi connectivity index (χ2v) is 24.0. The molecule has 2 aromatic heterocycles. The fourth-order valence-electron chi connectivity index (χ4n) is 12.3. The smallest absolute Gasteiger partial charge is 0.373 e. The molecule has 466 valence electrons. The van der Waals surface area contributed by atoms with E-state index in [-0.39, 0.29) is 73.8 Å². The van der Waals surface area contributed by atoms with Gasteiger partial charge in [-0.1, -0.05) is 71.1 Å². The van der Waals surface area contributed by atoms with E-state index in [1.807, 2.05) is 51.2 Å². The molecule has 4 aliphatic rings. The van der Waals surface area contributed by atoms with Crippen molar-refractivity contribution in [2.24, 2.45) is 35.5 Å². The lowest BCUT2D eigenvalue weighted by Crippen LogP contribution is -2.61. The maximum Gasteiger partial charge on any atom is 0.373 e. The Labute approximate surface area is 500 Å². The van der Waals surface area contributed by atoms with E-state index >= 15 is 0 Å². The van der Waals surface area contributed by atoms with Crippen LogP contribution in [0.3, 0.4) is 0 Å². The molecule has 20 nitrogen and oxygen atoms in total. The molecule has 3 aliphatic heterocycles. The average Bonchev–Trinajstić information content (AvgIpc) is 3.52. The third-order valence-electron chi connectivity index (χ3n) is 17.3. The van der Waals surface area contributed by atoms with Gasteiger partial charge < -0.3 is 53.4 Å². The summed E-state index contributed by atoms with van der Waals surface area (Å²) in [4.78, 5) is 101. The molecule has 2 bridgehead atoms. The third kappa shape index (κ3) is 18.8. The van der Waals surface area contributed by atoms with Crippen LogP contribution in [0.15, 0.2) is 96.7 Å². The normalized spacial score (nSPS) is 32.4. The van der Waals surface area contributed by atoms with E-state index in [2.05, 4.69) is 0 Å². The average molecular weight is 1190 g/mol. The number of esters is 3. The highest BCUT2D eigenvalue weighted by Crippen LogP contribution is 2.38. The van der Waals surface area contributed by atoms with Gasteiger partial charge in [-0.25, -0.2) is 14.4 Å². The summed E-state index contributed by atoms with van der Waals surface area (Å²) in [7, 11) is 4.46. The summed E-state index contributed by atoms with van der Waals surface area (Å²) in [6.45, 7) is 12.1. The van der Waals surface area contributed by atoms with E-state index in [0.29, 0.717) is 63.4 Å². The number of nitrogens with zero attached hydrogens (tertiary/aromatic N) is 3. The first-order valence-electron chi connectivity index (χ1n) is 30.0. The number of rotatable bonds is 12. The number of allylic oxidation sites excluding steroid dienone is 6. The van der Waals surface area contributed by atoms with Gasteiger partial charge in [-0.2, -0.15) is 9.13 Å². The molecule has 0 spiro atoms. The Bertz CT molecular complexity index is 2780. The van der Waals surface area contributed by atoms with Crippen LogP contribution in [-0.4, -0.2) is 144 Å². The van der Waals surface area contributed by atoms with Crippen molar-refractivity contribution in [3.8, 4) is 11.5 Å². The summed E-state index contributed by atoms with van der Waals surface area (Å²) in [5, 5.41) is 32.2. The SMILES string of the molecule is CO[C@H]1C[C@@H]2CC[C@@H](C)[C@@](O)(O2)C(=O)C(=O)N2CCCC[C@H]2C(=O)O[C@H]([C@H](C)C[C@@H]2CC[C@@H](OC(=O)C[n+]3cccc(O)c3)[C@H](OC)C2)CC(=O)[C@H](C)/C=C(\C)[C@@H](OC(=O)C[n+]2cccc(O)c2)[C@@H](OC)C(=O)[C@H](C)C[C@H](C)/C=C/C=CC=C1C. The van der Waals surface area contributed by atoms with Crippen LogP contribution in [0.5, 0.6) is 11.5 Å². The van der Waals surface area contributed by atoms with Gasteiger partial charge in [-0.05, 0) is 119 Å². The molecule has 0 radical (unpaired) electrons. The summed E-state index contributed by atoms with van der Waals surface area (Å²) in [5.74, 6) is -10.4. The minimum absolute atomic E-state index is 0.000257. The number of aromatic hydroxyl groups is 2. The number of aromatic nitrogens is 2. The second kappa shape index (κ2) is 31.8. The Morgan fingerprint density at radius 3 is 2.07 bits per heavy atom. The Kier molecular flexibility index (Phi) is 25.3. The van der Waals surface area contributed by atoms with Crippen molar-refractivity contribution in [2.75, 3.05) is 27.9 Å². The van der Waals surface area contributed by atoms with E-state index in [0.717, 1.165) is 10.5 Å². The molecule has 2 aromatic rings. The lowest BCUT2D eigenvalue weighted by Gasteiger charge is -2.42. The Morgan fingerprint density at radius 1 is 0.765 bits per heavy atom. The highest BCUT2D eigenvalue weighted by molar-refractivity contribution is 6.39. The number of piperidine rings is 1. The van der Waals surface area contributed by atoms with Crippen LogP contribution in [0.1, 0.15) is 126 Å². The zero-order valence-corrected chi connectivity index (χ0v) is 51.2. The third-order valence-corrected chi connectivity index (χ3v) is 17.3. The van der Waals surface area contributed by atoms with Gasteiger partial charge in [0.2, 0.25) is 31.3 Å². The number of methoxy groups -OCH3 is 3. The van der Waals surface area contributed by atoms with Crippen LogP contribution in [0.2, 0.25) is 0 Å². The summed E-state index contributed by atoms with van der Waals surface area (Å²) in [5.41, 5.74) is 1.19. The van der Waals surface area contributed by atoms with Crippen molar-refractivity contribution in [3.05, 3.63) is 96.7 Å². The second-order valence-electron chi connectivity index (χ2n) is 24.0. The summed E-state index contributed by atoms with van der Waals surface area (Å²) < 4.78 is 45.2. The molecular formula is C65H91N3O17+2. The predicted octanol–water partition coefficient (Wildman–Crippen LogP) is 6.67. The first-order valence-corrected chi connectivity index (χ1v) is 30.0. The molecule has 1 aliphatic carbocycles.